The van der Waals surface area contributed by atoms with Crippen LogP contribution in [0.25, 0.3) is 0 Å². The molecule has 4 nitrogen and oxygen atoms in total. The summed E-state index contributed by atoms with van der Waals surface area (Å²) >= 11 is 4.24. The lowest BCUT2D eigenvalue weighted by Gasteiger charge is -2.03. The van der Waals surface area contributed by atoms with Gasteiger partial charge in [0.15, 0.2) is 12.6 Å². The summed E-state index contributed by atoms with van der Waals surface area (Å²) in [7, 11) is 1.44. The van der Waals surface area contributed by atoms with Gasteiger partial charge in [0.25, 0.3) is 0 Å². The van der Waals surface area contributed by atoms with E-state index in [4.69, 9.17) is 4.74 Å². The van der Waals surface area contributed by atoms with Gasteiger partial charge in [-0.1, -0.05) is 27.0 Å². The van der Waals surface area contributed by atoms with Crippen LogP contribution in [-0.2, 0) is 9.47 Å². The van der Waals surface area contributed by atoms with Crippen molar-refractivity contribution in [2.45, 2.75) is 21.8 Å². The minimum absolute atomic E-state index is 0. The van der Waals surface area contributed by atoms with E-state index in [2.05, 4.69) is 42.0 Å². The number of ether oxygens (including phenoxy) is 2. The van der Waals surface area contributed by atoms with Crippen LogP contribution in [0.1, 0.15) is 42.5 Å². The van der Waals surface area contributed by atoms with Crippen LogP contribution in [0.5, 0.6) is 0 Å². The first-order chi connectivity index (χ1) is 8.15. The number of carbonyl (C=O) groups excluding carboxylic acids is 2. The van der Waals surface area contributed by atoms with Gasteiger partial charge in [0, 0.05) is 49.9 Å². The van der Waals surface area contributed by atoms with Crippen molar-refractivity contribution in [2.24, 2.45) is 0 Å². The van der Waals surface area contributed by atoms with Crippen LogP contribution in [0, 0.1) is 0 Å². The Balaban J connectivity index is -0.000000609. The lowest BCUT2D eigenvalue weighted by atomic mass is 10.1. The summed E-state index contributed by atoms with van der Waals surface area (Å²) in [6, 6.07) is 6.28. The van der Waals surface area contributed by atoms with Gasteiger partial charge in [-0.05, 0) is 19.1 Å². The first kappa shape index (κ1) is 23.8. The molecule has 0 atom stereocenters. The first-order valence-corrected chi connectivity index (χ1v) is 10.8. The predicted molar refractivity (Wildman–Crippen MR) is 95.2 cm³/mol. The highest BCUT2D eigenvalue weighted by atomic mass is 128. The summed E-state index contributed by atoms with van der Waals surface area (Å²) in [6.07, 6.45) is 0. The standard InChI is InChI=1S/C11H12O4.2CH4.I2/c1-8(12)9-3-5-10(6-4-9)11(13)15-7-14-2;;;1-2/h3-6H,7H2,1-2H3;2*1H4;. The largest absolute Gasteiger partial charge is 0.435 e. The third-order valence-corrected chi connectivity index (χ3v) is 1.83. The molecule has 0 spiro atoms. The van der Waals surface area contributed by atoms with Gasteiger partial charge in [-0.15, -0.1) is 0 Å². The Hall–Kier alpha value is -0.220. The quantitative estimate of drug-likeness (QED) is 0.264. The third-order valence-electron chi connectivity index (χ3n) is 1.83. The Kier molecular flexibility index (Phi) is 17.8. The molecule has 1 aromatic carbocycles. The zero-order valence-corrected chi connectivity index (χ0v) is 13.7. The molecule has 0 aliphatic heterocycles. The predicted octanol–water partition coefficient (Wildman–Crippen LogP) is 4.69. The lowest BCUT2D eigenvalue weighted by Crippen LogP contribution is -2.07. The van der Waals surface area contributed by atoms with Crippen molar-refractivity contribution < 1.29 is 19.1 Å². The van der Waals surface area contributed by atoms with Gasteiger partial charge in [-0.2, -0.15) is 0 Å². The Morgan fingerprint density at radius 1 is 1.05 bits per heavy atom. The van der Waals surface area contributed by atoms with E-state index in [0.29, 0.717) is 11.1 Å². The zero-order valence-electron chi connectivity index (χ0n) is 9.41. The fourth-order valence-electron chi connectivity index (χ4n) is 1.04. The first-order valence-electron chi connectivity index (χ1n) is 4.56. The van der Waals surface area contributed by atoms with E-state index in [0.717, 1.165) is 0 Å². The highest BCUT2D eigenvalue weighted by Gasteiger charge is 2.07. The molecule has 0 aromatic heterocycles. The van der Waals surface area contributed by atoms with E-state index in [1.807, 2.05) is 0 Å². The SMILES string of the molecule is C.C.COCOC(=O)c1ccc(C(C)=O)cc1.II. The molecule has 0 aliphatic carbocycles. The van der Waals surface area contributed by atoms with E-state index >= 15 is 0 Å². The highest BCUT2D eigenvalue weighted by Crippen LogP contribution is 2.06. The van der Waals surface area contributed by atoms with Gasteiger partial charge < -0.3 is 9.47 Å². The number of hydrogen-bond donors (Lipinski definition) is 0. The van der Waals surface area contributed by atoms with Crippen LogP contribution >= 0.6 is 37.2 Å². The van der Waals surface area contributed by atoms with Gasteiger partial charge in [0.05, 0.1) is 5.56 Å². The summed E-state index contributed by atoms with van der Waals surface area (Å²) in [5.41, 5.74) is 0.968. The maximum Gasteiger partial charge on any atom is 0.340 e. The van der Waals surface area contributed by atoms with Gasteiger partial charge in [-0.25, -0.2) is 4.79 Å². The van der Waals surface area contributed by atoms with Crippen molar-refractivity contribution in [3.63, 3.8) is 0 Å². The Morgan fingerprint density at radius 2 is 1.47 bits per heavy atom. The molecular formula is C13H20I2O4. The number of benzene rings is 1. The molecule has 0 heterocycles. The fraction of sp³-hybridized carbons (Fsp3) is 0.385. The molecule has 0 bridgehead atoms. The average Bonchev–Trinajstić information content (AvgIpc) is 2.38. The fourth-order valence-corrected chi connectivity index (χ4v) is 1.04. The third kappa shape index (κ3) is 9.33. The minimum Gasteiger partial charge on any atom is -0.435 e. The van der Waals surface area contributed by atoms with Crippen molar-refractivity contribution >= 4 is 49.0 Å². The molecular weight excluding hydrogens is 474 g/mol. The van der Waals surface area contributed by atoms with E-state index in [1.54, 1.807) is 24.3 Å². The summed E-state index contributed by atoms with van der Waals surface area (Å²) in [5.74, 6) is -0.501. The molecule has 0 saturated carbocycles. The number of ketones is 1. The molecule has 6 heteroatoms. The van der Waals surface area contributed by atoms with Crippen LogP contribution in [0.4, 0.5) is 0 Å². The number of carbonyl (C=O) groups is 2. The van der Waals surface area contributed by atoms with Crippen LogP contribution < -0.4 is 0 Å². The molecule has 0 saturated heterocycles. The Labute approximate surface area is 138 Å². The molecule has 0 radical (unpaired) electrons. The second kappa shape index (κ2) is 14.2. The number of methoxy groups -OCH3 is 1. The van der Waals surface area contributed by atoms with Crippen molar-refractivity contribution in [1.29, 1.82) is 0 Å². The molecule has 0 N–H and O–H groups in total. The molecule has 1 rings (SSSR count). The van der Waals surface area contributed by atoms with E-state index in [9.17, 15) is 9.59 Å². The molecule has 0 unspecified atom stereocenters. The van der Waals surface area contributed by atoms with Gasteiger partial charge >= 0.3 is 5.97 Å². The summed E-state index contributed by atoms with van der Waals surface area (Å²) in [5, 5.41) is 0. The van der Waals surface area contributed by atoms with Crippen molar-refractivity contribution in [1.82, 2.24) is 0 Å². The Bertz CT molecular complexity index is 363. The molecule has 0 fully saturated rings. The minimum atomic E-state index is -0.466. The van der Waals surface area contributed by atoms with Crippen LogP contribution in [-0.4, -0.2) is 25.7 Å². The summed E-state index contributed by atoms with van der Waals surface area (Å²) in [6.45, 7) is 1.39. The van der Waals surface area contributed by atoms with Crippen molar-refractivity contribution in [3.05, 3.63) is 35.4 Å². The number of hydrogen-bond acceptors (Lipinski definition) is 4. The summed E-state index contributed by atoms with van der Waals surface area (Å²) < 4.78 is 9.33. The number of Topliss-reactive ketones (excluding diaryl/α,β-unsaturated/α-hetero) is 1. The second-order valence-electron chi connectivity index (χ2n) is 2.97. The van der Waals surface area contributed by atoms with Gasteiger partial charge in [-0.3, -0.25) is 4.79 Å². The Morgan fingerprint density at radius 3 is 1.84 bits per heavy atom. The molecule has 110 valence electrons. The van der Waals surface area contributed by atoms with Crippen molar-refractivity contribution in [3.8, 4) is 0 Å². The molecule has 0 aliphatic rings. The zero-order chi connectivity index (χ0) is 13.3. The topological polar surface area (TPSA) is 52.6 Å². The normalized spacial score (nSPS) is 8.00. The number of halogens is 2. The maximum absolute atomic E-state index is 11.3. The molecule has 1 aromatic rings. The van der Waals surface area contributed by atoms with Gasteiger partial charge in [0.1, 0.15) is 0 Å². The van der Waals surface area contributed by atoms with E-state index < -0.39 is 5.97 Å². The lowest BCUT2D eigenvalue weighted by molar-refractivity contribution is -0.0125. The number of esters is 1. The maximum atomic E-state index is 11.3. The smallest absolute Gasteiger partial charge is 0.340 e. The van der Waals surface area contributed by atoms with Crippen LogP contribution in [0.3, 0.4) is 0 Å². The highest BCUT2D eigenvalue weighted by molar-refractivity contribution is 15.0. The average molecular weight is 494 g/mol. The van der Waals surface area contributed by atoms with Gasteiger partial charge in [0.2, 0.25) is 0 Å². The molecule has 19 heavy (non-hydrogen) atoms. The number of rotatable bonds is 4. The second-order valence-corrected chi connectivity index (χ2v) is 2.97. The van der Waals surface area contributed by atoms with Crippen LogP contribution in [0.2, 0.25) is 0 Å². The van der Waals surface area contributed by atoms with E-state index in [-0.39, 0.29) is 27.4 Å². The molecule has 0 amide bonds. The monoisotopic (exact) mass is 494 g/mol. The van der Waals surface area contributed by atoms with Crippen molar-refractivity contribution in [2.75, 3.05) is 13.9 Å². The summed E-state index contributed by atoms with van der Waals surface area (Å²) in [4.78, 5) is 22.3. The van der Waals surface area contributed by atoms with E-state index in [1.165, 1.54) is 14.0 Å². The van der Waals surface area contributed by atoms with Crippen LogP contribution in [0.15, 0.2) is 24.3 Å².